The summed E-state index contributed by atoms with van der Waals surface area (Å²) in [5.74, 6) is 0. The molecule has 4 fully saturated rings. The molecule has 6 atom stereocenters. The zero-order valence-corrected chi connectivity index (χ0v) is 39.0. The summed E-state index contributed by atoms with van der Waals surface area (Å²) in [5, 5.41) is 3.94. The lowest BCUT2D eigenvalue weighted by atomic mass is 10.0. The summed E-state index contributed by atoms with van der Waals surface area (Å²) >= 11 is 64.4. The Labute approximate surface area is 402 Å². The smallest absolute Gasteiger partial charge is 0.184 e. The van der Waals surface area contributed by atoms with Gasteiger partial charge < -0.3 is 28.4 Å². The van der Waals surface area contributed by atoms with Gasteiger partial charge in [0.05, 0.1) is 101 Å². The lowest BCUT2D eigenvalue weighted by molar-refractivity contribution is -0.179. The van der Waals surface area contributed by atoms with E-state index in [9.17, 15) is 0 Å². The number of nitrogens with zero attached hydrogens (tertiary/aromatic N) is 2. The van der Waals surface area contributed by atoms with Crippen LogP contribution < -0.4 is 0 Å². The summed E-state index contributed by atoms with van der Waals surface area (Å²) in [4.78, 5) is 4.25. The number of hydrogen-bond acceptors (Lipinski definition) is 8. The number of halogens is 10. The van der Waals surface area contributed by atoms with E-state index in [4.69, 9.17) is 144 Å². The largest absolute Gasteiger partial charge is 0.357 e. The molecule has 5 aromatic rings. The molecular weight excluding hydrogens is 995 g/mol. The summed E-state index contributed by atoms with van der Waals surface area (Å²) in [6.45, 7) is 1.13. The second-order valence-corrected chi connectivity index (χ2v) is 19.3. The molecule has 2 unspecified atom stereocenters. The van der Waals surface area contributed by atoms with Crippen molar-refractivity contribution < 1.29 is 28.4 Å². The van der Waals surface area contributed by atoms with Crippen LogP contribution in [0.5, 0.6) is 0 Å². The lowest BCUT2D eigenvalue weighted by Gasteiger charge is -2.36. The molecule has 0 saturated carbocycles. The Hall–Kier alpha value is -1.32. The van der Waals surface area contributed by atoms with Gasteiger partial charge in [0.2, 0.25) is 0 Å². The van der Waals surface area contributed by atoms with Crippen LogP contribution in [0.2, 0.25) is 50.2 Å². The maximum absolute atomic E-state index is 6.87. The van der Waals surface area contributed by atoms with Crippen molar-refractivity contribution in [1.82, 2.24) is 9.80 Å². The van der Waals surface area contributed by atoms with Crippen LogP contribution in [-0.4, -0.2) is 60.5 Å². The molecule has 8 nitrogen and oxygen atoms in total. The highest BCUT2D eigenvalue weighted by molar-refractivity contribution is 6.44. The molecule has 0 N–H and O–H groups in total. The van der Waals surface area contributed by atoms with Crippen LogP contribution in [0.4, 0.5) is 0 Å². The summed E-state index contributed by atoms with van der Waals surface area (Å²) in [6.07, 6.45) is -3.36. The monoisotopic (exact) mass is 1020 g/mol. The van der Waals surface area contributed by atoms with Crippen LogP contribution >= 0.6 is 116 Å². The minimum Gasteiger partial charge on any atom is -0.357 e. The molecule has 9 rings (SSSR count). The minimum absolute atomic E-state index is 0.0923. The third-order valence-electron chi connectivity index (χ3n) is 11.3. The third-order valence-corrected chi connectivity index (χ3v) is 15.0. The van der Waals surface area contributed by atoms with Gasteiger partial charge in [-0.05, 0) is 82.9 Å². The van der Waals surface area contributed by atoms with E-state index in [1.807, 2.05) is 30.3 Å². The number of benzene rings is 5. The van der Waals surface area contributed by atoms with Gasteiger partial charge >= 0.3 is 0 Å². The molecule has 4 saturated heterocycles. The summed E-state index contributed by atoms with van der Waals surface area (Å²) in [6, 6.07) is 26.8. The van der Waals surface area contributed by atoms with Crippen LogP contribution in [0.1, 0.15) is 59.0 Å². The van der Waals surface area contributed by atoms with Crippen LogP contribution in [0, 0.1) is 0 Å². The van der Waals surface area contributed by atoms with Crippen LogP contribution in [0.25, 0.3) is 0 Å². The van der Waals surface area contributed by atoms with Crippen LogP contribution in [0.15, 0.2) is 91.0 Å². The van der Waals surface area contributed by atoms with Crippen LogP contribution in [0.3, 0.4) is 0 Å². The predicted octanol–water partition coefficient (Wildman–Crippen LogP) is 14.2. The van der Waals surface area contributed by atoms with Gasteiger partial charge in [-0.1, -0.05) is 146 Å². The van der Waals surface area contributed by atoms with Crippen molar-refractivity contribution in [2.75, 3.05) is 39.6 Å². The van der Waals surface area contributed by atoms with E-state index >= 15 is 0 Å². The normalized spacial score (nSPS) is 26.9. The molecule has 320 valence electrons. The predicted molar refractivity (Wildman–Crippen MR) is 241 cm³/mol. The molecule has 0 amide bonds. The van der Waals surface area contributed by atoms with E-state index < -0.39 is 42.3 Å². The second kappa shape index (κ2) is 18.2. The highest BCUT2D eigenvalue weighted by Gasteiger charge is 2.59. The first kappa shape index (κ1) is 44.9. The zero-order chi connectivity index (χ0) is 42.8. The molecule has 4 aliphatic rings. The van der Waals surface area contributed by atoms with E-state index in [-0.39, 0.29) is 39.6 Å². The van der Waals surface area contributed by atoms with Crippen molar-refractivity contribution in [2.45, 2.75) is 42.3 Å². The lowest BCUT2D eigenvalue weighted by Crippen LogP contribution is -2.50. The van der Waals surface area contributed by atoms with Crippen molar-refractivity contribution in [2.24, 2.45) is 0 Å². The first-order valence-corrected chi connectivity index (χ1v) is 22.6. The molecule has 0 aliphatic carbocycles. The van der Waals surface area contributed by atoms with Crippen molar-refractivity contribution in [3.8, 4) is 0 Å². The molecule has 4 heterocycles. The topological polar surface area (TPSA) is 61.9 Å². The molecule has 0 aromatic heterocycles. The number of ether oxygens (including phenoxy) is 6. The van der Waals surface area contributed by atoms with Gasteiger partial charge in [-0.25, -0.2) is 9.80 Å². The third kappa shape index (κ3) is 8.64. The van der Waals surface area contributed by atoms with Gasteiger partial charge in [0.25, 0.3) is 0 Å². The quantitative estimate of drug-likeness (QED) is 0.121. The van der Waals surface area contributed by atoms with Crippen molar-refractivity contribution in [3.05, 3.63) is 169 Å². The first-order valence-electron chi connectivity index (χ1n) is 18.8. The van der Waals surface area contributed by atoms with Crippen molar-refractivity contribution >= 4 is 116 Å². The molecule has 18 heteroatoms. The minimum atomic E-state index is -0.969. The maximum Gasteiger partial charge on any atom is 0.184 e. The van der Waals surface area contributed by atoms with E-state index in [1.54, 1.807) is 60.7 Å². The SMILES string of the molecule is Clc1ccc(C(OCC23CO[C@H](c4ccc(Cl)c(Cl)c4)N2[C@H](c2ccc(Cl)c(Cl)c2)OC3)OCC23CO[C@H](c4ccc(Cl)c(Cl)c4)N2[C@H](c2ccc(Cl)c(Cl)c2)OC3)cc1Cl. The van der Waals surface area contributed by atoms with Crippen LogP contribution in [-0.2, 0) is 28.4 Å². The summed E-state index contributed by atoms with van der Waals surface area (Å²) in [5.41, 5.74) is 2.09. The molecule has 4 aliphatic heterocycles. The van der Waals surface area contributed by atoms with Crippen molar-refractivity contribution in [3.63, 3.8) is 0 Å². The van der Waals surface area contributed by atoms with E-state index in [2.05, 4.69) is 9.80 Å². The molecular formula is C43H32Cl10N2O6. The Morgan fingerprint density at radius 1 is 0.410 bits per heavy atom. The van der Waals surface area contributed by atoms with E-state index in [0.717, 1.165) is 22.3 Å². The van der Waals surface area contributed by atoms with Crippen molar-refractivity contribution in [1.29, 1.82) is 0 Å². The van der Waals surface area contributed by atoms with Gasteiger partial charge in [0.1, 0.15) is 24.9 Å². The summed E-state index contributed by atoms with van der Waals surface area (Å²) in [7, 11) is 0. The standard InChI is InChI=1S/C43H32Cl10N2O6/c44-27-6-1-22(11-32(27)49)37-54-38(23-2-7-28(45)33(50)12-23)57-17-42(54,16-56-37)20-60-41(26-5-10-31(48)36(53)15-26)61-21-43-18-58-39(24-3-8-29(46)34(51)13-24)55(43)40(59-19-43)25-4-9-30(47)35(52)14-25/h1-15,37-41H,16-21H2/t37-,38+,39-,40+,41?,42?,43?. The summed E-state index contributed by atoms with van der Waals surface area (Å²) < 4.78 is 40.0. The first-order chi connectivity index (χ1) is 29.3. The molecule has 0 bridgehead atoms. The Balaban J connectivity index is 1.04. The average molecular weight is 1030 g/mol. The highest BCUT2D eigenvalue weighted by atomic mass is 35.5. The van der Waals surface area contributed by atoms with E-state index in [1.165, 1.54) is 0 Å². The van der Waals surface area contributed by atoms with Gasteiger partial charge in [0, 0.05) is 5.56 Å². The zero-order valence-electron chi connectivity index (χ0n) is 31.4. The Kier molecular flexibility index (Phi) is 13.4. The van der Waals surface area contributed by atoms with Gasteiger partial charge in [-0.2, -0.15) is 0 Å². The van der Waals surface area contributed by atoms with Gasteiger partial charge in [-0.3, -0.25) is 0 Å². The molecule has 0 radical (unpaired) electrons. The van der Waals surface area contributed by atoms with Gasteiger partial charge in [0.15, 0.2) is 6.29 Å². The Morgan fingerprint density at radius 2 is 0.689 bits per heavy atom. The fourth-order valence-electron chi connectivity index (χ4n) is 8.25. The fraction of sp³-hybridized carbons (Fsp3) is 0.302. The number of rotatable bonds is 11. The highest BCUT2D eigenvalue weighted by Crippen LogP contribution is 2.53. The van der Waals surface area contributed by atoms with Gasteiger partial charge in [-0.15, -0.1) is 0 Å². The Bertz CT molecular complexity index is 2210. The molecule has 5 aromatic carbocycles. The number of fused-ring (bicyclic) bond motifs is 2. The number of hydrogen-bond donors (Lipinski definition) is 0. The average Bonchev–Trinajstić information content (AvgIpc) is 4.00. The Morgan fingerprint density at radius 3 is 0.967 bits per heavy atom. The maximum atomic E-state index is 6.87. The fourth-order valence-corrected chi connectivity index (χ4v) is 9.78. The second-order valence-electron chi connectivity index (χ2n) is 15.2. The molecule has 61 heavy (non-hydrogen) atoms. The molecule has 0 spiro atoms. The van der Waals surface area contributed by atoms with E-state index in [0.29, 0.717) is 55.8 Å².